The van der Waals surface area contributed by atoms with E-state index >= 15 is 0 Å². The summed E-state index contributed by atoms with van der Waals surface area (Å²) in [6.45, 7) is 0.271. The summed E-state index contributed by atoms with van der Waals surface area (Å²) in [4.78, 5) is 5.78. The molecule has 0 saturated carbocycles. The number of nitrogens with two attached hydrogens (primary N) is 2. The van der Waals surface area contributed by atoms with Crippen LogP contribution in [0, 0.1) is 0 Å². The maximum Gasteiger partial charge on any atom is 0.129 e. The number of nitrogens with zero attached hydrogens (tertiary/aromatic N) is 1. The van der Waals surface area contributed by atoms with Gasteiger partial charge in [-0.15, -0.1) is 11.8 Å². The second kappa shape index (κ2) is 6.95. The van der Waals surface area contributed by atoms with Crippen molar-refractivity contribution in [3.63, 3.8) is 0 Å². The van der Waals surface area contributed by atoms with Gasteiger partial charge in [0.05, 0.1) is 5.69 Å². The Morgan fingerprint density at radius 3 is 2.46 bits per heavy atom. The number of pyridine rings is 1. The third-order valence-corrected chi connectivity index (χ3v) is 6.29. The SMILES string of the molecule is NCc1c(N)nc2c(c1-c1ccc(Cl)cc1Cl)CSc1ccc(Cl)cc1-2. The van der Waals surface area contributed by atoms with Crippen LogP contribution in [0.3, 0.4) is 0 Å². The van der Waals surface area contributed by atoms with Crippen LogP contribution >= 0.6 is 46.6 Å². The van der Waals surface area contributed by atoms with Gasteiger partial charge in [0.15, 0.2) is 0 Å². The Kier molecular flexibility index (Phi) is 4.80. The number of rotatable bonds is 2. The van der Waals surface area contributed by atoms with Gasteiger partial charge in [0.1, 0.15) is 5.82 Å². The van der Waals surface area contributed by atoms with Crippen molar-refractivity contribution < 1.29 is 0 Å². The fraction of sp³-hybridized carbons (Fsp3) is 0.105. The van der Waals surface area contributed by atoms with Gasteiger partial charge >= 0.3 is 0 Å². The summed E-state index contributed by atoms with van der Waals surface area (Å²) in [6.07, 6.45) is 0. The summed E-state index contributed by atoms with van der Waals surface area (Å²) >= 11 is 20.5. The second-order valence-electron chi connectivity index (χ2n) is 5.94. The van der Waals surface area contributed by atoms with Crippen LogP contribution in [-0.2, 0) is 12.3 Å². The highest BCUT2D eigenvalue weighted by Crippen LogP contribution is 2.48. The molecular weight excluding hydrogens is 409 g/mol. The van der Waals surface area contributed by atoms with Crippen molar-refractivity contribution in [3.05, 3.63) is 62.6 Å². The predicted molar refractivity (Wildman–Crippen MR) is 112 cm³/mol. The van der Waals surface area contributed by atoms with Gasteiger partial charge in [0.25, 0.3) is 0 Å². The van der Waals surface area contributed by atoms with Crippen LogP contribution < -0.4 is 11.5 Å². The van der Waals surface area contributed by atoms with Gasteiger partial charge in [-0.25, -0.2) is 4.98 Å². The molecule has 0 atom stereocenters. The molecule has 0 unspecified atom stereocenters. The summed E-state index contributed by atoms with van der Waals surface area (Å²) in [5, 5.41) is 1.80. The van der Waals surface area contributed by atoms with Crippen LogP contribution in [0.15, 0.2) is 41.3 Å². The van der Waals surface area contributed by atoms with Gasteiger partial charge in [0, 0.05) is 49.0 Å². The molecule has 3 aromatic rings. The zero-order chi connectivity index (χ0) is 18.4. The Bertz CT molecular complexity index is 1040. The molecule has 0 bridgehead atoms. The fourth-order valence-corrected chi connectivity index (χ4v) is 4.97. The molecule has 1 aromatic heterocycles. The molecule has 3 nitrogen and oxygen atoms in total. The first-order chi connectivity index (χ1) is 12.5. The van der Waals surface area contributed by atoms with Crippen LogP contribution in [0.4, 0.5) is 5.82 Å². The van der Waals surface area contributed by atoms with E-state index in [9.17, 15) is 0 Å². The molecule has 0 radical (unpaired) electrons. The highest BCUT2D eigenvalue weighted by molar-refractivity contribution is 7.98. The molecule has 132 valence electrons. The molecule has 4 N–H and O–H groups in total. The Balaban J connectivity index is 2.06. The van der Waals surface area contributed by atoms with Gasteiger partial charge < -0.3 is 11.5 Å². The van der Waals surface area contributed by atoms with E-state index in [2.05, 4.69) is 4.98 Å². The predicted octanol–water partition coefficient (Wildman–Crippen LogP) is 6.02. The minimum Gasteiger partial charge on any atom is -0.383 e. The average molecular weight is 423 g/mol. The lowest BCUT2D eigenvalue weighted by atomic mass is 9.92. The topological polar surface area (TPSA) is 64.9 Å². The molecule has 2 heterocycles. The van der Waals surface area contributed by atoms with Crippen LogP contribution in [-0.4, -0.2) is 4.98 Å². The Morgan fingerprint density at radius 2 is 1.73 bits per heavy atom. The minimum atomic E-state index is 0.271. The van der Waals surface area contributed by atoms with Gasteiger partial charge in [0.2, 0.25) is 0 Å². The molecule has 1 aliphatic rings. The van der Waals surface area contributed by atoms with Crippen molar-refractivity contribution in [2.24, 2.45) is 5.73 Å². The maximum atomic E-state index is 6.50. The Labute approximate surface area is 170 Å². The highest BCUT2D eigenvalue weighted by atomic mass is 35.5. The van der Waals surface area contributed by atoms with Gasteiger partial charge in [-0.2, -0.15) is 0 Å². The van der Waals surface area contributed by atoms with Crippen LogP contribution in [0.1, 0.15) is 11.1 Å². The van der Waals surface area contributed by atoms with E-state index < -0.39 is 0 Å². The van der Waals surface area contributed by atoms with E-state index in [1.165, 1.54) is 0 Å². The first-order valence-electron chi connectivity index (χ1n) is 7.89. The number of hydrogen-bond acceptors (Lipinski definition) is 4. The normalized spacial score (nSPS) is 12.6. The smallest absolute Gasteiger partial charge is 0.129 e. The molecule has 0 fully saturated rings. The van der Waals surface area contributed by atoms with E-state index in [0.717, 1.165) is 44.2 Å². The largest absolute Gasteiger partial charge is 0.383 e. The first-order valence-corrected chi connectivity index (χ1v) is 10.0. The number of fused-ring (bicyclic) bond motifs is 3. The molecule has 2 aromatic carbocycles. The lowest BCUT2D eigenvalue weighted by Gasteiger charge is -2.25. The van der Waals surface area contributed by atoms with E-state index in [4.69, 9.17) is 46.3 Å². The zero-order valence-electron chi connectivity index (χ0n) is 13.5. The number of anilines is 1. The second-order valence-corrected chi connectivity index (χ2v) is 8.23. The monoisotopic (exact) mass is 421 g/mol. The maximum absolute atomic E-state index is 6.50. The molecule has 0 amide bonds. The lowest BCUT2D eigenvalue weighted by Crippen LogP contribution is -2.12. The van der Waals surface area contributed by atoms with E-state index in [-0.39, 0.29) is 6.54 Å². The summed E-state index contributed by atoms with van der Waals surface area (Å²) in [5.41, 5.74) is 17.7. The summed E-state index contributed by atoms with van der Waals surface area (Å²) in [7, 11) is 0. The number of hydrogen-bond donors (Lipinski definition) is 2. The van der Waals surface area contributed by atoms with Gasteiger partial charge in [-0.1, -0.05) is 40.9 Å². The molecule has 7 heteroatoms. The first kappa shape index (κ1) is 18.0. The average Bonchev–Trinajstić information content (AvgIpc) is 2.61. The fourth-order valence-electron chi connectivity index (χ4n) is 3.23. The minimum absolute atomic E-state index is 0.271. The van der Waals surface area contributed by atoms with Gasteiger partial charge in [-0.05, 0) is 41.5 Å². The van der Waals surface area contributed by atoms with Crippen LogP contribution in [0.2, 0.25) is 15.1 Å². The number of thioether (sulfide) groups is 1. The van der Waals surface area contributed by atoms with E-state index in [1.807, 2.05) is 30.3 Å². The van der Waals surface area contributed by atoms with E-state index in [0.29, 0.717) is 20.9 Å². The van der Waals surface area contributed by atoms with Crippen molar-refractivity contribution in [1.29, 1.82) is 0 Å². The van der Waals surface area contributed by atoms with Crippen LogP contribution in [0.25, 0.3) is 22.4 Å². The number of nitrogen functional groups attached to an aromatic ring is 1. The molecule has 1 aliphatic heterocycles. The van der Waals surface area contributed by atoms with Crippen molar-refractivity contribution >= 4 is 52.4 Å². The number of aromatic nitrogens is 1. The Hall–Kier alpha value is -1.43. The zero-order valence-corrected chi connectivity index (χ0v) is 16.6. The molecule has 0 saturated heterocycles. The van der Waals surface area contributed by atoms with E-state index in [1.54, 1.807) is 17.8 Å². The molecule has 0 spiro atoms. The third-order valence-electron chi connectivity index (χ3n) is 4.40. The highest BCUT2D eigenvalue weighted by Gasteiger charge is 2.26. The summed E-state index contributed by atoms with van der Waals surface area (Å²) in [5.74, 6) is 1.16. The summed E-state index contributed by atoms with van der Waals surface area (Å²) < 4.78 is 0. The number of halogens is 3. The quantitative estimate of drug-likeness (QED) is 0.530. The number of benzene rings is 2. The van der Waals surface area contributed by atoms with Crippen molar-refractivity contribution in [2.45, 2.75) is 17.2 Å². The third kappa shape index (κ3) is 2.96. The molecular formula is C19H14Cl3N3S. The Morgan fingerprint density at radius 1 is 1.00 bits per heavy atom. The van der Waals surface area contributed by atoms with Crippen molar-refractivity contribution in [3.8, 4) is 22.4 Å². The molecule has 26 heavy (non-hydrogen) atoms. The van der Waals surface area contributed by atoms with Crippen molar-refractivity contribution in [1.82, 2.24) is 4.98 Å². The molecule has 4 rings (SSSR count). The lowest BCUT2D eigenvalue weighted by molar-refractivity contribution is 1.05. The standard InChI is InChI=1S/C19H14Cl3N3S/c20-9-2-4-16-12(5-9)18-14(8-26-16)17(13(7-23)19(24)25-18)11-3-1-10(21)6-15(11)22/h1-6H,7-8,23H2,(H2,24,25). The van der Waals surface area contributed by atoms with Crippen molar-refractivity contribution in [2.75, 3.05) is 5.73 Å². The molecule has 0 aliphatic carbocycles. The van der Waals surface area contributed by atoms with Gasteiger partial charge in [-0.3, -0.25) is 0 Å². The summed E-state index contributed by atoms with van der Waals surface area (Å²) in [6, 6.07) is 11.2. The van der Waals surface area contributed by atoms with Crippen LogP contribution in [0.5, 0.6) is 0 Å².